The monoisotopic (exact) mass is 257 g/mol. The third-order valence-electron chi connectivity index (χ3n) is 3.76. The molecule has 102 valence electrons. The van der Waals surface area contributed by atoms with Gasteiger partial charge in [-0.15, -0.1) is 0 Å². The standard InChI is InChI=1S/C16H23N3/c1-3-19(4-2)12-15(11-17)13-7-8-16-14(10-13)6-5-9-18-16/h5-10,15H,3-4,11-12,17H2,1-2H3. The van der Waals surface area contributed by atoms with Crippen LogP contribution in [0.4, 0.5) is 0 Å². The maximum atomic E-state index is 5.96. The molecule has 2 rings (SSSR count). The molecular formula is C16H23N3. The highest BCUT2D eigenvalue weighted by atomic mass is 15.1. The maximum absolute atomic E-state index is 5.96. The number of benzene rings is 1. The Labute approximate surface area is 115 Å². The van der Waals surface area contributed by atoms with Crippen molar-refractivity contribution in [2.45, 2.75) is 19.8 Å². The third kappa shape index (κ3) is 3.31. The largest absolute Gasteiger partial charge is 0.330 e. The molecule has 3 heteroatoms. The van der Waals surface area contributed by atoms with Gasteiger partial charge in [0.2, 0.25) is 0 Å². The van der Waals surface area contributed by atoms with Crippen LogP contribution in [-0.4, -0.2) is 36.1 Å². The molecule has 0 radical (unpaired) electrons. The molecule has 0 bridgehead atoms. The van der Waals surface area contributed by atoms with Crippen LogP contribution in [0.25, 0.3) is 10.9 Å². The summed E-state index contributed by atoms with van der Waals surface area (Å²) in [5.41, 5.74) is 8.33. The molecule has 0 aliphatic carbocycles. The molecule has 1 aromatic heterocycles. The summed E-state index contributed by atoms with van der Waals surface area (Å²) in [4.78, 5) is 6.78. The number of fused-ring (bicyclic) bond motifs is 1. The molecule has 2 aromatic rings. The summed E-state index contributed by atoms with van der Waals surface area (Å²) in [6.07, 6.45) is 1.83. The van der Waals surface area contributed by atoms with Crippen molar-refractivity contribution in [3.63, 3.8) is 0 Å². The zero-order chi connectivity index (χ0) is 13.7. The van der Waals surface area contributed by atoms with Crippen LogP contribution in [-0.2, 0) is 0 Å². The summed E-state index contributed by atoms with van der Waals surface area (Å²) in [7, 11) is 0. The van der Waals surface area contributed by atoms with E-state index in [1.54, 1.807) is 0 Å². The van der Waals surface area contributed by atoms with Gasteiger partial charge in [-0.05, 0) is 36.9 Å². The fourth-order valence-corrected chi connectivity index (χ4v) is 2.46. The average Bonchev–Trinajstić information content (AvgIpc) is 2.48. The Balaban J connectivity index is 2.24. The third-order valence-corrected chi connectivity index (χ3v) is 3.76. The minimum absolute atomic E-state index is 0.393. The van der Waals surface area contributed by atoms with E-state index in [4.69, 9.17) is 5.73 Å². The smallest absolute Gasteiger partial charge is 0.0702 e. The van der Waals surface area contributed by atoms with Crippen LogP contribution in [0.1, 0.15) is 25.3 Å². The molecule has 19 heavy (non-hydrogen) atoms. The van der Waals surface area contributed by atoms with Gasteiger partial charge in [0.25, 0.3) is 0 Å². The quantitative estimate of drug-likeness (QED) is 0.865. The summed E-state index contributed by atoms with van der Waals surface area (Å²) >= 11 is 0. The maximum Gasteiger partial charge on any atom is 0.0702 e. The molecule has 0 amide bonds. The van der Waals surface area contributed by atoms with Crippen molar-refractivity contribution >= 4 is 10.9 Å². The molecule has 0 saturated carbocycles. The molecule has 3 nitrogen and oxygen atoms in total. The average molecular weight is 257 g/mol. The van der Waals surface area contributed by atoms with Crippen LogP contribution in [0.3, 0.4) is 0 Å². The molecule has 1 atom stereocenters. The molecular weight excluding hydrogens is 234 g/mol. The van der Waals surface area contributed by atoms with E-state index in [2.05, 4.69) is 48.0 Å². The first-order valence-electron chi connectivity index (χ1n) is 7.05. The predicted octanol–water partition coefficient (Wildman–Crippen LogP) is 2.62. The van der Waals surface area contributed by atoms with Crippen LogP contribution in [0, 0.1) is 0 Å². The van der Waals surface area contributed by atoms with E-state index >= 15 is 0 Å². The van der Waals surface area contributed by atoms with Crippen molar-refractivity contribution in [2.24, 2.45) is 5.73 Å². The Morgan fingerprint density at radius 3 is 2.68 bits per heavy atom. The van der Waals surface area contributed by atoms with Crippen LogP contribution in [0.15, 0.2) is 36.5 Å². The lowest BCUT2D eigenvalue weighted by molar-refractivity contribution is 0.284. The molecule has 1 heterocycles. The first-order chi connectivity index (χ1) is 9.28. The van der Waals surface area contributed by atoms with Crippen LogP contribution in [0.5, 0.6) is 0 Å². The zero-order valence-corrected chi connectivity index (χ0v) is 11.8. The number of nitrogens with two attached hydrogens (primary N) is 1. The summed E-state index contributed by atoms with van der Waals surface area (Å²) in [6.45, 7) is 8.24. The Hall–Kier alpha value is -1.45. The van der Waals surface area contributed by atoms with E-state index < -0.39 is 0 Å². The first-order valence-corrected chi connectivity index (χ1v) is 7.05. The number of rotatable bonds is 6. The van der Waals surface area contributed by atoms with Crippen LogP contribution in [0.2, 0.25) is 0 Å². The Kier molecular flexibility index (Phi) is 4.88. The van der Waals surface area contributed by atoms with Gasteiger partial charge in [0.05, 0.1) is 5.52 Å². The fourth-order valence-electron chi connectivity index (χ4n) is 2.46. The molecule has 2 N–H and O–H groups in total. The van der Waals surface area contributed by atoms with Gasteiger partial charge in [0.15, 0.2) is 0 Å². The second kappa shape index (κ2) is 6.64. The first kappa shape index (κ1) is 14.0. The predicted molar refractivity (Wildman–Crippen MR) is 81.3 cm³/mol. The van der Waals surface area contributed by atoms with E-state index in [9.17, 15) is 0 Å². The molecule has 0 aliphatic heterocycles. The molecule has 0 saturated heterocycles. The van der Waals surface area contributed by atoms with E-state index in [-0.39, 0.29) is 0 Å². The van der Waals surface area contributed by atoms with Gasteiger partial charge in [-0.1, -0.05) is 26.0 Å². The van der Waals surface area contributed by atoms with Crippen molar-refractivity contribution in [3.05, 3.63) is 42.1 Å². The SMILES string of the molecule is CCN(CC)CC(CN)c1ccc2ncccc2c1. The van der Waals surface area contributed by atoms with Gasteiger partial charge >= 0.3 is 0 Å². The van der Waals surface area contributed by atoms with Gasteiger partial charge in [-0.3, -0.25) is 4.98 Å². The minimum atomic E-state index is 0.393. The summed E-state index contributed by atoms with van der Waals surface area (Å²) in [5.74, 6) is 0.393. The van der Waals surface area contributed by atoms with Gasteiger partial charge in [-0.25, -0.2) is 0 Å². The molecule has 1 unspecified atom stereocenters. The highest BCUT2D eigenvalue weighted by molar-refractivity contribution is 5.79. The van der Waals surface area contributed by atoms with E-state index in [0.717, 1.165) is 25.2 Å². The summed E-state index contributed by atoms with van der Waals surface area (Å²) < 4.78 is 0. The highest BCUT2D eigenvalue weighted by Crippen LogP contribution is 2.21. The Morgan fingerprint density at radius 2 is 2.00 bits per heavy atom. The van der Waals surface area contributed by atoms with Gasteiger partial charge < -0.3 is 10.6 Å². The molecule has 1 aromatic carbocycles. The van der Waals surface area contributed by atoms with Crippen molar-refractivity contribution in [3.8, 4) is 0 Å². The number of nitrogens with zero attached hydrogens (tertiary/aromatic N) is 2. The Morgan fingerprint density at radius 1 is 1.21 bits per heavy atom. The molecule has 0 aliphatic rings. The van der Waals surface area contributed by atoms with Crippen LogP contribution >= 0.6 is 0 Å². The summed E-state index contributed by atoms with van der Waals surface area (Å²) in [5, 5.41) is 1.19. The van der Waals surface area contributed by atoms with E-state index in [1.165, 1.54) is 10.9 Å². The van der Waals surface area contributed by atoms with Gasteiger partial charge in [-0.2, -0.15) is 0 Å². The van der Waals surface area contributed by atoms with Gasteiger partial charge in [0, 0.05) is 30.6 Å². The lowest BCUT2D eigenvalue weighted by atomic mass is 9.97. The van der Waals surface area contributed by atoms with Crippen molar-refractivity contribution < 1.29 is 0 Å². The second-order valence-corrected chi connectivity index (χ2v) is 4.87. The summed E-state index contributed by atoms with van der Waals surface area (Å²) in [6, 6.07) is 10.6. The lowest BCUT2D eigenvalue weighted by Gasteiger charge is -2.24. The lowest BCUT2D eigenvalue weighted by Crippen LogP contribution is -2.31. The Bertz CT molecular complexity index is 520. The minimum Gasteiger partial charge on any atom is -0.330 e. The molecule has 0 fully saturated rings. The van der Waals surface area contributed by atoms with Crippen LogP contribution < -0.4 is 5.73 Å². The number of pyridine rings is 1. The molecule has 0 spiro atoms. The number of aromatic nitrogens is 1. The zero-order valence-electron chi connectivity index (χ0n) is 11.8. The van der Waals surface area contributed by atoms with E-state index in [1.807, 2.05) is 12.3 Å². The highest BCUT2D eigenvalue weighted by Gasteiger charge is 2.13. The van der Waals surface area contributed by atoms with Gasteiger partial charge in [0.1, 0.15) is 0 Å². The van der Waals surface area contributed by atoms with E-state index in [0.29, 0.717) is 12.5 Å². The fraction of sp³-hybridized carbons (Fsp3) is 0.438. The number of hydrogen-bond donors (Lipinski definition) is 1. The normalized spacial score (nSPS) is 13.1. The second-order valence-electron chi connectivity index (χ2n) is 4.87. The number of likely N-dealkylation sites (N-methyl/N-ethyl adjacent to an activating group) is 1. The topological polar surface area (TPSA) is 42.1 Å². The van der Waals surface area contributed by atoms with Crippen molar-refractivity contribution in [1.82, 2.24) is 9.88 Å². The van der Waals surface area contributed by atoms with Crippen molar-refractivity contribution in [1.29, 1.82) is 0 Å². The number of hydrogen-bond acceptors (Lipinski definition) is 3. The van der Waals surface area contributed by atoms with Crippen molar-refractivity contribution in [2.75, 3.05) is 26.2 Å².